The minimum Gasteiger partial charge on any atom is -0.381 e. The van der Waals surface area contributed by atoms with E-state index in [9.17, 15) is 28.3 Å². The van der Waals surface area contributed by atoms with E-state index in [-0.39, 0.29) is 13.0 Å². The van der Waals surface area contributed by atoms with Crippen LogP contribution in [-0.2, 0) is 16.0 Å². The molecule has 2 aromatic rings. The zero-order chi connectivity index (χ0) is 25.8. The first-order valence-electron chi connectivity index (χ1n) is 11.1. The van der Waals surface area contributed by atoms with Gasteiger partial charge >= 0.3 is 0 Å². The Hall–Kier alpha value is -3.18. The SMILES string of the molecule is C=CCNC(=O)[C@@H]1CC(F)(F)CN1C(=O)[C@@H](O)[C@H](Cc1ccccc1)NC(=O)c1sc(C)nc1C. The number of nitrogens with zero attached hydrogens (tertiary/aromatic N) is 2. The summed E-state index contributed by atoms with van der Waals surface area (Å²) in [6.45, 7) is 5.93. The number of nitrogens with one attached hydrogen (secondary N) is 2. The highest BCUT2D eigenvalue weighted by molar-refractivity contribution is 7.13. The summed E-state index contributed by atoms with van der Waals surface area (Å²) in [4.78, 5) is 43.9. The average molecular weight is 507 g/mol. The highest BCUT2D eigenvalue weighted by atomic mass is 32.1. The van der Waals surface area contributed by atoms with Crippen molar-refractivity contribution in [2.24, 2.45) is 0 Å². The molecule has 35 heavy (non-hydrogen) atoms. The summed E-state index contributed by atoms with van der Waals surface area (Å²) in [5.41, 5.74) is 1.22. The van der Waals surface area contributed by atoms with Crippen LogP contribution in [0.5, 0.6) is 0 Å². The van der Waals surface area contributed by atoms with Crippen LogP contribution in [0.4, 0.5) is 8.78 Å². The molecule has 0 radical (unpaired) electrons. The molecule has 1 aromatic carbocycles. The highest BCUT2D eigenvalue weighted by Gasteiger charge is 2.51. The number of thiazole rings is 1. The Morgan fingerprint density at radius 2 is 2.00 bits per heavy atom. The standard InChI is InChI=1S/C24H28F2N4O4S/c1-4-10-27-21(32)18-12-24(25,26)13-30(18)23(34)19(31)17(11-16-8-6-5-7-9-16)29-22(33)20-14(2)28-15(3)35-20/h4-9,17-19,31H,1,10-13H2,2-3H3,(H,27,32)(H,29,33)/t17-,18-,19-/m0/s1. The van der Waals surface area contributed by atoms with Crippen LogP contribution in [0.1, 0.15) is 32.4 Å². The summed E-state index contributed by atoms with van der Waals surface area (Å²) >= 11 is 1.17. The van der Waals surface area contributed by atoms with Crippen LogP contribution in [0.3, 0.4) is 0 Å². The molecule has 1 fully saturated rings. The number of aromatic nitrogens is 1. The summed E-state index contributed by atoms with van der Waals surface area (Å²) in [5.74, 6) is -5.64. The number of halogens is 2. The summed E-state index contributed by atoms with van der Waals surface area (Å²) in [6.07, 6.45) is -1.27. The Morgan fingerprint density at radius 3 is 2.60 bits per heavy atom. The Labute approximate surface area is 206 Å². The molecule has 188 valence electrons. The number of alkyl halides is 2. The van der Waals surface area contributed by atoms with Crippen molar-refractivity contribution in [1.82, 2.24) is 20.5 Å². The van der Waals surface area contributed by atoms with E-state index in [1.807, 2.05) is 0 Å². The molecule has 0 saturated carbocycles. The van der Waals surface area contributed by atoms with Crippen LogP contribution in [-0.4, -0.2) is 69.9 Å². The van der Waals surface area contributed by atoms with Gasteiger partial charge in [0.15, 0.2) is 6.10 Å². The molecule has 3 amide bonds. The monoisotopic (exact) mass is 506 g/mol. The van der Waals surface area contributed by atoms with Crippen molar-refractivity contribution >= 4 is 29.1 Å². The molecule has 3 atom stereocenters. The van der Waals surface area contributed by atoms with Gasteiger partial charge in [0.2, 0.25) is 5.91 Å². The van der Waals surface area contributed by atoms with E-state index >= 15 is 0 Å². The number of likely N-dealkylation sites (tertiary alicyclic amines) is 1. The number of hydrogen-bond acceptors (Lipinski definition) is 6. The Bertz CT molecular complexity index is 1090. The van der Waals surface area contributed by atoms with Gasteiger partial charge in [0.1, 0.15) is 10.9 Å². The van der Waals surface area contributed by atoms with Gasteiger partial charge in [-0.3, -0.25) is 14.4 Å². The molecule has 11 heteroatoms. The molecule has 1 aliphatic heterocycles. The van der Waals surface area contributed by atoms with E-state index < -0.39 is 54.8 Å². The molecule has 2 heterocycles. The van der Waals surface area contributed by atoms with Crippen LogP contribution in [0.15, 0.2) is 43.0 Å². The van der Waals surface area contributed by atoms with Gasteiger partial charge in [0.25, 0.3) is 17.7 Å². The second kappa shape index (κ2) is 11.0. The van der Waals surface area contributed by atoms with Crippen molar-refractivity contribution in [3.05, 3.63) is 64.1 Å². The molecular formula is C24H28F2N4O4S. The van der Waals surface area contributed by atoms with Gasteiger partial charge in [-0.25, -0.2) is 13.8 Å². The van der Waals surface area contributed by atoms with Crippen molar-refractivity contribution in [1.29, 1.82) is 0 Å². The van der Waals surface area contributed by atoms with Crippen LogP contribution in [0, 0.1) is 13.8 Å². The van der Waals surface area contributed by atoms with Gasteiger partial charge in [0.05, 0.1) is 23.3 Å². The molecule has 8 nitrogen and oxygen atoms in total. The lowest BCUT2D eigenvalue weighted by Crippen LogP contribution is -2.56. The molecule has 1 aliphatic rings. The van der Waals surface area contributed by atoms with Crippen molar-refractivity contribution in [2.45, 2.75) is 50.8 Å². The molecule has 0 spiro atoms. The Morgan fingerprint density at radius 1 is 1.31 bits per heavy atom. The minimum atomic E-state index is -3.29. The number of hydrogen-bond donors (Lipinski definition) is 3. The number of rotatable bonds is 9. The minimum absolute atomic E-state index is 0.0474. The van der Waals surface area contributed by atoms with Crippen LogP contribution in [0.25, 0.3) is 0 Å². The first kappa shape index (κ1) is 26.4. The molecule has 3 N–H and O–H groups in total. The zero-order valence-corrected chi connectivity index (χ0v) is 20.3. The molecule has 0 unspecified atom stereocenters. The summed E-state index contributed by atoms with van der Waals surface area (Å²) in [5, 5.41) is 16.8. The smallest absolute Gasteiger partial charge is 0.267 e. The van der Waals surface area contributed by atoms with E-state index in [4.69, 9.17) is 0 Å². The third-order valence-electron chi connectivity index (χ3n) is 5.64. The van der Waals surface area contributed by atoms with Crippen molar-refractivity contribution in [3.8, 4) is 0 Å². The average Bonchev–Trinajstić information content (AvgIpc) is 3.33. The van der Waals surface area contributed by atoms with E-state index in [2.05, 4.69) is 22.2 Å². The fraction of sp³-hybridized carbons (Fsp3) is 0.417. The van der Waals surface area contributed by atoms with Crippen LogP contribution in [0.2, 0.25) is 0 Å². The number of carbonyl (C=O) groups excluding carboxylic acids is 3. The van der Waals surface area contributed by atoms with Gasteiger partial charge in [0, 0.05) is 13.0 Å². The second-order valence-corrected chi connectivity index (χ2v) is 9.64. The van der Waals surface area contributed by atoms with Crippen molar-refractivity contribution in [2.75, 3.05) is 13.1 Å². The molecule has 0 bridgehead atoms. The number of amides is 3. The number of aliphatic hydroxyl groups excluding tert-OH is 1. The molecular weight excluding hydrogens is 478 g/mol. The normalized spacial score (nSPS) is 18.5. The number of carbonyl (C=O) groups is 3. The number of aryl methyl sites for hydroxylation is 2. The summed E-state index contributed by atoms with van der Waals surface area (Å²) in [6, 6.07) is 6.25. The van der Waals surface area contributed by atoms with Crippen molar-refractivity contribution in [3.63, 3.8) is 0 Å². The quantitative estimate of drug-likeness (QED) is 0.451. The van der Waals surface area contributed by atoms with Crippen molar-refractivity contribution < 1.29 is 28.3 Å². The lowest BCUT2D eigenvalue weighted by molar-refractivity contribution is -0.147. The van der Waals surface area contributed by atoms with Gasteiger partial charge < -0.3 is 20.6 Å². The van der Waals surface area contributed by atoms with E-state index in [0.717, 1.165) is 0 Å². The first-order chi connectivity index (χ1) is 16.5. The molecule has 0 aliphatic carbocycles. The largest absolute Gasteiger partial charge is 0.381 e. The van der Waals surface area contributed by atoms with Crippen LogP contribution < -0.4 is 10.6 Å². The first-order valence-corrected chi connectivity index (χ1v) is 11.9. The van der Waals surface area contributed by atoms with E-state index in [1.165, 1.54) is 17.4 Å². The maximum atomic E-state index is 14.2. The summed E-state index contributed by atoms with van der Waals surface area (Å²) in [7, 11) is 0. The number of aliphatic hydroxyl groups is 1. The van der Waals surface area contributed by atoms with Gasteiger partial charge in [-0.2, -0.15) is 0 Å². The molecule has 1 saturated heterocycles. The lowest BCUT2D eigenvalue weighted by Gasteiger charge is -2.30. The maximum Gasteiger partial charge on any atom is 0.267 e. The van der Waals surface area contributed by atoms with Gasteiger partial charge in [-0.15, -0.1) is 17.9 Å². The third-order valence-corrected chi connectivity index (χ3v) is 6.71. The van der Waals surface area contributed by atoms with Crippen LogP contribution >= 0.6 is 11.3 Å². The third kappa shape index (κ3) is 6.49. The Balaban J connectivity index is 1.85. The molecule has 1 aromatic heterocycles. The maximum absolute atomic E-state index is 14.2. The fourth-order valence-electron chi connectivity index (χ4n) is 4.00. The topological polar surface area (TPSA) is 112 Å². The zero-order valence-electron chi connectivity index (χ0n) is 19.5. The number of benzene rings is 1. The van der Waals surface area contributed by atoms with E-state index in [1.54, 1.807) is 44.2 Å². The van der Waals surface area contributed by atoms with Gasteiger partial charge in [-0.1, -0.05) is 36.4 Å². The second-order valence-electron chi connectivity index (χ2n) is 8.44. The predicted octanol–water partition coefficient (Wildman–Crippen LogP) is 2.00. The van der Waals surface area contributed by atoms with E-state index in [0.29, 0.717) is 26.0 Å². The Kier molecular flexibility index (Phi) is 8.34. The highest BCUT2D eigenvalue weighted by Crippen LogP contribution is 2.33. The lowest BCUT2D eigenvalue weighted by atomic mass is 9.99. The van der Waals surface area contributed by atoms with Gasteiger partial charge in [-0.05, 0) is 25.8 Å². The molecule has 3 rings (SSSR count). The summed E-state index contributed by atoms with van der Waals surface area (Å²) < 4.78 is 28.5. The fourth-order valence-corrected chi connectivity index (χ4v) is 4.82. The predicted molar refractivity (Wildman–Crippen MR) is 127 cm³/mol.